The number of aryl methyl sites for hydroxylation is 2. The molecular weight excluding hydrogens is 274 g/mol. The van der Waals surface area contributed by atoms with Crippen molar-refractivity contribution in [2.24, 2.45) is 0 Å². The lowest BCUT2D eigenvalue weighted by Crippen LogP contribution is -2.09. The minimum atomic E-state index is -0.463. The summed E-state index contributed by atoms with van der Waals surface area (Å²) in [6.45, 7) is 4.73. The first kappa shape index (κ1) is 14.9. The molecule has 112 valence electrons. The molecule has 0 bridgehead atoms. The third-order valence-corrected chi connectivity index (χ3v) is 3.00. The SMILES string of the molecule is CCCCn1nnnc1COc1cc(C)ccc1[N+](=O)[O-]. The van der Waals surface area contributed by atoms with Crippen molar-refractivity contribution in [3.8, 4) is 5.75 Å². The molecule has 0 aliphatic heterocycles. The van der Waals surface area contributed by atoms with Gasteiger partial charge in [-0.05, 0) is 35.4 Å². The van der Waals surface area contributed by atoms with Gasteiger partial charge < -0.3 is 4.74 Å². The number of rotatable bonds is 7. The molecule has 1 aromatic carbocycles. The molecule has 1 aromatic heterocycles. The molecule has 0 amide bonds. The summed E-state index contributed by atoms with van der Waals surface area (Å²) < 4.78 is 7.20. The monoisotopic (exact) mass is 291 g/mol. The summed E-state index contributed by atoms with van der Waals surface area (Å²) in [6, 6.07) is 4.75. The van der Waals surface area contributed by atoms with Gasteiger partial charge in [0, 0.05) is 12.6 Å². The van der Waals surface area contributed by atoms with Crippen molar-refractivity contribution in [3.05, 3.63) is 39.7 Å². The predicted molar refractivity (Wildman–Crippen MR) is 74.9 cm³/mol. The summed E-state index contributed by atoms with van der Waals surface area (Å²) in [5, 5.41) is 22.4. The summed E-state index contributed by atoms with van der Waals surface area (Å²) in [5.41, 5.74) is 0.828. The zero-order chi connectivity index (χ0) is 15.2. The van der Waals surface area contributed by atoms with Crippen LogP contribution in [0.25, 0.3) is 0 Å². The Balaban J connectivity index is 2.11. The van der Waals surface area contributed by atoms with Crippen LogP contribution in [-0.4, -0.2) is 25.1 Å². The zero-order valence-corrected chi connectivity index (χ0v) is 12.0. The van der Waals surface area contributed by atoms with Gasteiger partial charge in [0.1, 0.15) is 6.61 Å². The van der Waals surface area contributed by atoms with Gasteiger partial charge in [0.2, 0.25) is 0 Å². The Morgan fingerprint density at radius 3 is 2.95 bits per heavy atom. The van der Waals surface area contributed by atoms with Crippen LogP contribution in [-0.2, 0) is 13.2 Å². The lowest BCUT2D eigenvalue weighted by Gasteiger charge is -2.07. The Bertz CT molecular complexity index is 626. The van der Waals surface area contributed by atoms with Gasteiger partial charge in [0.15, 0.2) is 11.6 Å². The molecule has 8 nitrogen and oxygen atoms in total. The molecule has 8 heteroatoms. The Kier molecular flexibility index (Phi) is 4.81. The largest absolute Gasteiger partial charge is 0.479 e. The zero-order valence-electron chi connectivity index (χ0n) is 12.0. The average molecular weight is 291 g/mol. The lowest BCUT2D eigenvalue weighted by atomic mass is 10.2. The van der Waals surface area contributed by atoms with Gasteiger partial charge in [-0.2, -0.15) is 0 Å². The van der Waals surface area contributed by atoms with E-state index >= 15 is 0 Å². The molecule has 0 atom stereocenters. The first-order valence-electron chi connectivity index (χ1n) is 6.74. The summed E-state index contributed by atoms with van der Waals surface area (Å²) in [5.74, 6) is 0.782. The number of aromatic nitrogens is 4. The van der Waals surface area contributed by atoms with Crippen molar-refractivity contribution >= 4 is 5.69 Å². The van der Waals surface area contributed by atoms with Crippen LogP contribution in [0.3, 0.4) is 0 Å². The molecule has 0 radical (unpaired) electrons. The highest BCUT2D eigenvalue weighted by molar-refractivity contribution is 5.48. The van der Waals surface area contributed by atoms with Gasteiger partial charge in [-0.3, -0.25) is 10.1 Å². The number of tetrazole rings is 1. The van der Waals surface area contributed by atoms with Gasteiger partial charge in [0.25, 0.3) is 0 Å². The molecular formula is C13H17N5O3. The molecule has 2 aromatic rings. The highest BCUT2D eigenvalue weighted by atomic mass is 16.6. The summed E-state index contributed by atoms with van der Waals surface area (Å²) >= 11 is 0. The normalized spacial score (nSPS) is 10.6. The number of ether oxygens (including phenoxy) is 1. The van der Waals surface area contributed by atoms with Crippen molar-refractivity contribution in [1.29, 1.82) is 0 Å². The van der Waals surface area contributed by atoms with E-state index < -0.39 is 4.92 Å². The molecule has 0 N–H and O–H groups in total. The minimum absolute atomic E-state index is 0.0619. The minimum Gasteiger partial charge on any atom is -0.479 e. The Morgan fingerprint density at radius 1 is 1.43 bits per heavy atom. The molecule has 0 fully saturated rings. The van der Waals surface area contributed by atoms with Crippen LogP contribution in [0.1, 0.15) is 31.2 Å². The van der Waals surface area contributed by atoms with Crippen LogP contribution in [0.15, 0.2) is 18.2 Å². The van der Waals surface area contributed by atoms with E-state index in [-0.39, 0.29) is 18.0 Å². The maximum absolute atomic E-state index is 11.0. The first-order valence-corrected chi connectivity index (χ1v) is 6.74. The number of hydrogen-bond acceptors (Lipinski definition) is 6. The number of nitro benzene ring substituents is 1. The van der Waals surface area contributed by atoms with Gasteiger partial charge in [0.05, 0.1) is 4.92 Å². The number of unbranched alkanes of at least 4 members (excludes halogenated alkanes) is 1. The standard InChI is InChI=1S/C13H17N5O3/c1-3-4-7-17-13(14-15-16-17)9-21-12-8-10(2)5-6-11(12)18(19)20/h5-6,8H,3-4,7,9H2,1-2H3. The van der Waals surface area contributed by atoms with E-state index in [0.717, 1.165) is 18.4 Å². The van der Waals surface area contributed by atoms with Crippen LogP contribution in [0, 0.1) is 17.0 Å². The Labute approximate surface area is 121 Å². The van der Waals surface area contributed by atoms with Gasteiger partial charge in [-0.15, -0.1) is 5.10 Å². The van der Waals surface area contributed by atoms with Crippen molar-refractivity contribution in [3.63, 3.8) is 0 Å². The molecule has 2 rings (SSSR count). The summed E-state index contributed by atoms with van der Waals surface area (Å²) in [7, 11) is 0. The lowest BCUT2D eigenvalue weighted by molar-refractivity contribution is -0.386. The van der Waals surface area contributed by atoms with Gasteiger partial charge >= 0.3 is 5.69 Å². The number of hydrogen-bond donors (Lipinski definition) is 0. The molecule has 1 heterocycles. The van der Waals surface area contributed by atoms with Crippen molar-refractivity contribution in [1.82, 2.24) is 20.2 Å². The average Bonchev–Trinajstić information content (AvgIpc) is 2.90. The predicted octanol–water partition coefficient (Wildman–Crippen LogP) is 2.27. The van der Waals surface area contributed by atoms with Crippen molar-refractivity contribution < 1.29 is 9.66 Å². The molecule has 21 heavy (non-hydrogen) atoms. The van der Waals surface area contributed by atoms with Gasteiger partial charge in [-0.25, -0.2) is 4.68 Å². The van der Waals surface area contributed by atoms with E-state index in [2.05, 4.69) is 22.4 Å². The van der Waals surface area contributed by atoms with Crippen LogP contribution in [0.4, 0.5) is 5.69 Å². The van der Waals surface area contributed by atoms with Crippen LogP contribution < -0.4 is 4.74 Å². The first-order chi connectivity index (χ1) is 10.1. The highest BCUT2D eigenvalue weighted by Gasteiger charge is 2.16. The third kappa shape index (κ3) is 3.74. The highest BCUT2D eigenvalue weighted by Crippen LogP contribution is 2.28. The van der Waals surface area contributed by atoms with E-state index in [1.165, 1.54) is 6.07 Å². The summed E-state index contributed by atoms with van der Waals surface area (Å²) in [6.07, 6.45) is 1.99. The summed E-state index contributed by atoms with van der Waals surface area (Å²) in [4.78, 5) is 10.5. The van der Waals surface area contributed by atoms with Gasteiger partial charge in [-0.1, -0.05) is 19.4 Å². The van der Waals surface area contributed by atoms with Crippen LogP contribution >= 0.6 is 0 Å². The Hall–Kier alpha value is -2.51. The molecule has 0 aliphatic carbocycles. The van der Waals surface area contributed by atoms with E-state index in [0.29, 0.717) is 12.4 Å². The molecule has 0 saturated heterocycles. The van der Waals surface area contributed by atoms with E-state index in [1.54, 1.807) is 16.8 Å². The molecule has 0 spiro atoms. The maximum atomic E-state index is 11.0. The van der Waals surface area contributed by atoms with E-state index in [9.17, 15) is 10.1 Å². The number of nitro groups is 1. The van der Waals surface area contributed by atoms with Crippen LogP contribution in [0.2, 0.25) is 0 Å². The van der Waals surface area contributed by atoms with E-state index in [1.807, 2.05) is 6.92 Å². The quantitative estimate of drug-likeness (QED) is 0.573. The van der Waals surface area contributed by atoms with Crippen molar-refractivity contribution in [2.45, 2.75) is 39.8 Å². The Morgan fingerprint density at radius 2 is 2.24 bits per heavy atom. The second kappa shape index (κ2) is 6.78. The number of nitrogens with zero attached hydrogens (tertiary/aromatic N) is 5. The van der Waals surface area contributed by atoms with Crippen LogP contribution in [0.5, 0.6) is 5.75 Å². The fourth-order valence-corrected chi connectivity index (χ4v) is 1.84. The topological polar surface area (TPSA) is 96.0 Å². The fraction of sp³-hybridized carbons (Fsp3) is 0.462. The fourth-order valence-electron chi connectivity index (χ4n) is 1.84. The third-order valence-electron chi connectivity index (χ3n) is 3.00. The molecule has 0 unspecified atom stereocenters. The maximum Gasteiger partial charge on any atom is 0.310 e. The molecule has 0 aliphatic rings. The smallest absolute Gasteiger partial charge is 0.310 e. The van der Waals surface area contributed by atoms with E-state index in [4.69, 9.17) is 4.74 Å². The number of benzene rings is 1. The second-order valence-electron chi connectivity index (χ2n) is 4.69. The van der Waals surface area contributed by atoms with Crippen molar-refractivity contribution in [2.75, 3.05) is 0 Å². The second-order valence-corrected chi connectivity index (χ2v) is 4.69. The molecule has 0 saturated carbocycles.